The van der Waals surface area contributed by atoms with Gasteiger partial charge in [0.15, 0.2) is 11.5 Å². The quantitative estimate of drug-likeness (QED) is 0.347. The SMILES string of the molecule is Br.O=c1[nH]c(O)c(C=NCc2ccc(O)c(O)c2)c2cc(Br)ccc12. The highest BCUT2D eigenvalue weighted by Crippen LogP contribution is 2.26. The van der Waals surface area contributed by atoms with Crippen molar-refractivity contribution in [3.63, 3.8) is 0 Å². The van der Waals surface area contributed by atoms with E-state index in [1.807, 2.05) is 0 Å². The summed E-state index contributed by atoms with van der Waals surface area (Å²) in [5.41, 5.74) is 0.709. The van der Waals surface area contributed by atoms with Gasteiger partial charge in [-0.05, 0) is 35.9 Å². The fraction of sp³-hybridized carbons (Fsp3) is 0.0588. The van der Waals surface area contributed by atoms with E-state index in [-0.39, 0.29) is 46.5 Å². The molecule has 3 rings (SSSR count). The van der Waals surface area contributed by atoms with E-state index in [1.165, 1.54) is 18.3 Å². The van der Waals surface area contributed by atoms with Gasteiger partial charge >= 0.3 is 0 Å². The maximum Gasteiger partial charge on any atom is 0.258 e. The fourth-order valence-electron chi connectivity index (χ4n) is 2.35. The van der Waals surface area contributed by atoms with Crippen molar-refractivity contribution >= 4 is 49.9 Å². The molecule has 0 fully saturated rings. The zero-order valence-electron chi connectivity index (χ0n) is 12.7. The van der Waals surface area contributed by atoms with Crippen LogP contribution in [0.4, 0.5) is 0 Å². The number of aromatic amines is 1. The monoisotopic (exact) mass is 468 g/mol. The number of rotatable bonds is 3. The Morgan fingerprint density at radius 2 is 1.80 bits per heavy atom. The van der Waals surface area contributed by atoms with Crippen molar-refractivity contribution in [2.24, 2.45) is 4.99 Å². The number of hydrogen-bond acceptors (Lipinski definition) is 5. The van der Waals surface area contributed by atoms with Crippen LogP contribution in [0.5, 0.6) is 17.4 Å². The molecule has 0 aliphatic heterocycles. The third kappa shape index (κ3) is 4.02. The molecule has 0 saturated carbocycles. The Morgan fingerprint density at radius 3 is 2.52 bits per heavy atom. The normalized spacial score (nSPS) is 10.9. The van der Waals surface area contributed by atoms with E-state index < -0.39 is 0 Å². The first kappa shape index (κ1) is 19.0. The highest BCUT2D eigenvalue weighted by molar-refractivity contribution is 9.10. The molecule has 0 aliphatic rings. The van der Waals surface area contributed by atoms with Crippen molar-refractivity contribution in [3.8, 4) is 17.4 Å². The molecule has 1 heterocycles. The summed E-state index contributed by atoms with van der Waals surface area (Å²) in [7, 11) is 0. The standard InChI is InChI=1S/C17H13BrN2O4.BrH/c18-10-2-3-11-12(6-10)13(17(24)20-16(11)23)8-19-7-9-1-4-14(21)15(22)5-9;/h1-6,8,21-22H,7H2,(H2,20,23,24);1H. The van der Waals surface area contributed by atoms with Gasteiger partial charge in [-0.2, -0.15) is 0 Å². The summed E-state index contributed by atoms with van der Waals surface area (Å²) in [4.78, 5) is 18.5. The van der Waals surface area contributed by atoms with Crippen LogP contribution < -0.4 is 5.56 Å². The number of H-pyrrole nitrogens is 1. The van der Waals surface area contributed by atoms with Gasteiger partial charge in [-0.25, -0.2) is 0 Å². The van der Waals surface area contributed by atoms with Crippen LogP contribution in [0, 0.1) is 0 Å². The Morgan fingerprint density at radius 1 is 1.04 bits per heavy atom. The lowest BCUT2D eigenvalue weighted by molar-refractivity contribution is 0.403. The highest BCUT2D eigenvalue weighted by atomic mass is 79.9. The maximum atomic E-state index is 11.9. The summed E-state index contributed by atoms with van der Waals surface area (Å²) in [5.74, 6) is -0.677. The number of benzene rings is 2. The number of halogens is 2. The minimum absolute atomic E-state index is 0. The topological polar surface area (TPSA) is 106 Å². The van der Waals surface area contributed by atoms with Crippen molar-refractivity contribution in [1.82, 2.24) is 4.98 Å². The second kappa shape index (κ2) is 7.71. The average Bonchev–Trinajstić information content (AvgIpc) is 2.53. The van der Waals surface area contributed by atoms with Gasteiger partial charge in [0.2, 0.25) is 5.88 Å². The molecule has 25 heavy (non-hydrogen) atoms. The molecule has 8 heteroatoms. The van der Waals surface area contributed by atoms with Gasteiger partial charge in [0.05, 0.1) is 12.1 Å². The molecule has 0 amide bonds. The Labute approximate surface area is 161 Å². The molecule has 0 bridgehead atoms. The van der Waals surface area contributed by atoms with Crippen LogP contribution in [0.2, 0.25) is 0 Å². The number of nitrogens with one attached hydrogen (secondary N) is 1. The first-order valence-corrected chi connectivity index (χ1v) is 7.80. The molecule has 0 aliphatic carbocycles. The summed E-state index contributed by atoms with van der Waals surface area (Å²) in [6.07, 6.45) is 1.46. The van der Waals surface area contributed by atoms with Crippen LogP contribution in [-0.2, 0) is 6.54 Å². The number of aliphatic imine (C=N–C) groups is 1. The molecule has 130 valence electrons. The summed E-state index contributed by atoms with van der Waals surface area (Å²) < 4.78 is 0.776. The average molecular weight is 470 g/mol. The lowest BCUT2D eigenvalue weighted by Crippen LogP contribution is -2.08. The van der Waals surface area contributed by atoms with Gasteiger partial charge in [0, 0.05) is 21.5 Å². The van der Waals surface area contributed by atoms with E-state index in [9.17, 15) is 20.1 Å². The minimum atomic E-state index is -0.379. The van der Waals surface area contributed by atoms with Crippen molar-refractivity contribution in [1.29, 1.82) is 0 Å². The Kier molecular flexibility index (Phi) is 5.86. The predicted octanol–water partition coefficient (Wildman–Crippen LogP) is 3.60. The number of fused-ring (bicyclic) bond motifs is 1. The molecule has 6 nitrogen and oxygen atoms in total. The molecular formula is C17H14Br2N2O4. The van der Waals surface area contributed by atoms with Crippen LogP contribution in [-0.4, -0.2) is 26.5 Å². The minimum Gasteiger partial charge on any atom is -0.504 e. The molecule has 2 aromatic carbocycles. The van der Waals surface area contributed by atoms with Gasteiger partial charge in [0.25, 0.3) is 5.56 Å². The highest BCUT2D eigenvalue weighted by Gasteiger charge is 2.09. The first-order chi connectivity index (χ1) is 11.5. The summed E-state index contributed by atoms with van der Waals surface area (Å²) >= 11 is 3.35. The van der Waals surface area contributed by atoms with E-state index in [1.54, 1.807) is 24.3 Å². The Bertz CT molecular complexity index is 1020. The Hall–Kier alpha value is -2.32. The Balaban J connectivity index is 0.00000225. The van der Waals surface area contributed by atoms with Crippen LogP contribution in [0.15, 0.2) is 50.7 Å². The number of phenols is 2. The summed E-state index contributed by atoms with van der Waals surface area (Å²) in [6.45, 7) is 0.238. The van der Waals surface area contributed by atoms with E-state index in [0.29, 0.717) is 21.9 Å². The van der Waals surface area contributed by atoms with Gasteiger partial charge in [0.1, 0.15) is 0 Å². The first-order valence-electron chi connectivity index (χ1n) is 7.01. The number of hydrogen-bond donors (Lipinski definition) is 4. The lowest BCUT2D eigenvalue weighted by atomic mass is 10.1. The number of aromatic hydroxyl groups is 3. The molecule has 0 unspecified atom stereocenters. The van der Waals surface area contributed by atoms with E-state index in [4.69, 9.17) is 0 Å². The lowest BCUT2D eigenvalue weighted by Gasteiger charge is -2.05. The molecule has 3 aromatic rings. The maximum absolute atomic E-state index is 11.9. The van der Waals surface area contributed by atoms with Gasteiger partial charge in [-0.15, -0.1) is 17.0 Å². The third-order valence-corrected chi connectivity index (χ3v) is 4.03. The van der Waals surface area contributed by atoms with Crippen LogP contribution >= 0.6 is 32.9 Å². The molecule has 4 N–H and O–H groups in total. The second-order valence-electron chi connectivity index (χ2n) is 5.20. The second-order valence-corrected chi connectivity index (χ2v) is 6.11. The van der Waals surface area contributed by atoms with Gasteiger partial charge in [-0.1, -0.05) is 22.0 Å². The predicted molar refractivity (Wildman–Crippen MR) is 105 cm³/mol. The number of pyridine rings is 1. The smallest absolute Gasteiger partial charge is 0.258 e. The summed E-state index contributed by atoms with van der Waals surface area (Å²) in [5, 5.41) is 29.8. The van der Waals surface area contributed by atoms with Crippen molar-refractivity contribution in [2.45, 2.75) is 6.54 Å². The van der Waals surface area contributed by atoms with Gasteiger partial charge < -0.3 is 15.3 Å². The van der Waals surface area contributed by atoms with Crippen molar-refractivity contribution in [3.05, 3.63) is 62.4 Å². The molecule has 0 atom stereocenters. The molecule has 0 spiro atoms. The van der Waals surface area contributed by atoms with Gasteiger partial charge in [-0.3, -0.25) is 14.8 Å². The zero-order valence-corrected chi connectivity index (χ0v) is 16.0. The molecular weight excluding hydrogens is 456 g/mol. The molecule has 0 saturated heterocycles. The van der Waals surface area contributed by atoms with E-state index >= 15 is 0 Å². The number of nitrogens with zero attached hydrogens (tertiary/aromatic N) is 1. The van der Waals surface area contributed by atoms with Crippen LogP contribution in [0.25, 0.3) is 10.8 Å². The molecule has 1 aromatic heterocycles. The number of aromatic nitrogens is 1. The summed E-state index contributed by atoms with van der Waals surface area (Å²) in [6, 6.07) is 9.56. The van der Waals surface area contributed by atoms with Crippen LogP contribution in [0.1, 0.15) is 11.1 Å². The van der Waals surface area contributed by atoms with E-state index in [0.717, 1.165) is 4.47 Å². The molecule has 0 radical (unpaired) electrons. The van der Waals surface area contributed by atoms with E-state index in [2.05, 4.69) is 25.9 Å². The number of phenolic OH excluding ortho intramolecular Hbond substituents is 2. The fourth-order valence-corrected chi connectivity index (χ4v) is 2.71. The third-order valence-electron chi connectivity index (χ3n) is 3.54. The largest absolute Gasteiger partial charge is 0.504 e. The van der Waals surface area contributed by atoms with Crippen LogP contribution in [0.3, 0.4) is 0 Å². The van der Waals surface area contributed by atoms with Crippen molar-refractivity contribution < 1.29 is 15.3 Å². The zero-order chi connectivity index (χ0) is 17.3. The van der Waals surface area contributed by atoms with Crippen molar-refractivity contribution in [2.75, 3.05) is 0 Å².